The van der Waals surface area contributed by atoms with E-state index in [9.17, 15) is 27.5 Å². The summed E-state index contributed by atoms with van der Waals surface area (Å²) < 4.78 is 64.0. The Morgan fingerprint density at radius 2 is 1.97 bits per heavy atom. The fraction of sp³-hybridized carbons (Fsp3) is 0.667. The summed E-state index contributed by atoms with van der Waals surface area (Å²) in [7, 11) is 0. The third kappa shape index (κ3) is 6.00. The summed E-state index contributed by atoms with van der Waals surface area (Å²) in [5.41, 5.74) is -2.81. The van der Waals surface area contributed by atoms with Gasteiger partial charge in [-0.1, -0.05) is 25.1 Å². The molecule has 0 radical (unpaired) electrons. The second kappa shape index (κ2) is 10.6. The van der Waals surface area contributed by atoms with Gasteiger partial charge in [-0.05, 0) is 55.1 Å². The van der Waals surface area contributed by atoms with E-state index in [1.807, 2.05) is 13.8 Å². The number of carbonyl (C=O) groups excluding carboxylic acids is 1. The molecule has 1 amide bonds. The van der Waals surface area contributed by atoms with Crippen molar-refractivity contribution < 1.29 is 36.7 Å². The molecule has 2 saturated heterocycles. The number of likely N-dealkylation sites (tertiary alicyclic amines) is 1. The van der Waals surface area contributed by atoms with Gasteiger partial charge in [0.1, 0.15) is 11.6 Å². The Labute approximate surface area is 224 Å². The molecule has 2 atom stereocenters. The Hall–Kier alpha value is -2.89. The van der Waals surface area contributed by atoms with Gasteiger partial charge in [0.25, 0.3) is 0 Å². The van der Waals surface area contributed by atoms with Crippen molar-refractivity contribution in [3.05, 3.63) is 35.4 Å². The quantitative estimate of drug-likeness (QED) is 0.462. The molecule has 1 aromatic carbocycles. The number of β-amino-alcohol motifs (C(OH)–C–C–N with tert-alkyl or cyclic N) is 1. The number of halogens is 4. The van der Waals surface area contributed by atoms with Crippen LogP contribution in [0.3, 0.4) is 0 Å². The second-order valence-corrected chi connectivity index (χ2v) is 11.4. The van der Waals surface area contributed by atoms with E-state index >= 15 is 0 Å². The highest BCUT2D eigenvalue weighted by Crippen LogP contribution is 2.50. The van der Waals surface area contributed by atoms with Crippen LogP contribution in [0.15, 0.2) is 22.7 Å². The van der Waals surface area contributed by atoms with Crippen molar-refractivity contribution in [2.24, 2.45) is 17.8 Å². The summed E-state index contributed by atoms with van der Waals surface area (Å²) in [5, 5.41) is 13.5. The predicted molar refractivity (Wildman–Crippen MR) is 133 cm³/mol. The van der Waals surface area contributed by atoms with E-state index in [4.69, 9.17) is 9.26 Å². The summed E-state index contributed by atoms with van der Waals surface area (Å²) in [6, 6.07) is 4.79. The summed E-state index contributed by atoms with van der Waals surface area (Å²) in [5.74, 6) is 1.92. The van der Waals surface area contributed by atoms with Crippen LogP contribution in [-0.4, -0.2) is 70.6 Å². The average molecular weight is 555 g/mol. The van der Waals surface area contributed by atoms with Crippen LogP contribution >= 0.6 is 0 Å². The number of aliphatic hydroxyl groups is 1. The fourth-order valence-electron chi connectivity index (χ4n) is 5.59. The summed E-state index contributed by atoms with van der Waals surface area (Å²) >= 11 is 0. The molecule has 12 heteroatoms. The van der Waals surface area contributed by atoms with E-state index in [1.165, 1.54) is 18.6 Å². The first-order valence-corrected chi connectivity index (χ1v) is 13.5. The zero-order chi connectivity index (χ0) is 27.9. The molecular formula is C27H34F4N4O4. The van der Waals surface area contributed by atoms with Gasteiger partial charge in [0.15, 0.2) is 11.4 Å². The van der Waals surface area contributed by atoms with Gasteiger partial charge in [-0.3, -0.25) is 4.79 Å². The van der Waals surface area contributed by atoms with Crippen LogP contribution in [0.2, 0.25) is 0 Å². The molecule has 1 N–H and O–H groups in total. The number of ether oxygens (including phenoxy) is 1. The highest BCUT2D eigenvalue weighted by molar-refractivity contribution is 5.80. The van der Waals surface area contributed by atoms with Crippen molar-refractivity contribution in [3.63, 3.8) is 0 Å². The second-order valence-electron chi connectivity index (χ2n) is 11.4. The van der Waals surface area contributed by atoms with Crippen molar-refractivity contribution in [1.82, 2.24) is 15.0 Å². The third-order valence-corrected chi connectivity index (χ3v) is 8.25. The van der Waals surface area contributed by atoms with Crippen LogP contribution in [0.1, 0.15) is 56.8 Å². The van der Waals surface area contributed by atoms with Crippen molar-refractivity contribution >= 4 is 11.9 Å². The zero-order valence-electron chi connectivity index (χ0n) is 22.1. The monoisotopic (exact) mass is 554 g/mol. The highest BCUT2D eigenvalue weighted by Gasteiger charge is 2.62. The van der Waals surface area contributed by atoms with Gasteiger partial charge in [-0.2, -0.15) is 18.2 Å². The van der Waals surface area contributed by atoms with E-state index in [2.05, 4.69) is 15.0 Å². The molecule has 2 unspecified atom stereocenters. The lowest BCUT2D eigenvalue weighted by Gasteiger charge is -2.46. The summed E-state index contributed by atoms with van der Waals surface area (Å²) in [6.45, 7) is 4.66. The fourth-order valence-corrected chi connectivity index (χ4v) is 5.59. The lowest BCUT2D eigenvalue weighted by molar-refractivity contribution is -0.297. The molecule has 1 aliphatic carbocycles. The molecule has 1 saturated carbocycles. The molecule has 0 bridgehead atoms. The molecule has 3 fully saturated rings. The van der Waals surface area contributed by atoms with Gasteiger partial charge in [-0.15, -0.1) is 0 Å². The van der Waals surface area contributed by atoms with Crippen molar-refractivity contribution in [2.75, 3.05) is 37.7 Å². The number of aromatic nitrogens is 2. The van der Waals surface area contributed by atoms with Gasteiger partial charge in [0.05, 0.1) is 26.1 Å². The Morgan fingerprint density at radius 3 is 2.59 bits per heavy atom. The highest BCUT2D eigenvalue weighted by atomic mass is 19.4. The number of nitrogens with zero attached hydrogens (tertiary/aromatic N) is 4. The zero-order valence-corrected chi connectivity index (χ0v) is 22.1. The Bertz CT molecular complexity index is 1170. The largest absolute Gasteiger partial charge is 0.493 e. The maximum absolute atomic E-state index is 14.5. The first-order valence-electron chi connectivity index (χ1n) is 13.5. The molecule has 2 aliphatic heterocycles. The maximum Gasteiger partial charge on any atom is 0.420 e. The Kier molecular flexibility index (Phi) is 7.51. The van der Waals surface area contributed by atoms with E-state index < -0.39 is 36.6 Å². The number of hydrogen-bond acceptors (Lipinski definition) is 7. The number of alkyl halides is 3. The molecule has 39 heavy (non-hydrogen) atoms. The summed E-state index contributed by atoms with van der Waals surface area (Å²) in [4.78, 5) is 19.7. The van der Waals surface area contributed by atoms with E-state index in [0.717, 1.165) is 43.1 Å². The lowest BCUT2D eigenvalue weighted by atomic mass is 9.90. The normalized spacial score (nSPS) is 23.2. The number of carbonyl (C=O) groups is 1. The predicted octanol–water partition coefficient (Wildman–Crippen LogP) is 4.33. The number of benzene rings is 1. The standard InChI is InChI=1S/C27H34F4N4O4/c1-16(2)24-32-25(39-33-24)34-8-5-17(6-9-34)21-11-18(21)7-10-38-20-4-3-19(22(28)13-20)12-23(36)35-14-26(37,15-35)27(29,30)31/h3-4,13,16-18,21,37H,5-12,14-15H2,1-2H3. The van der Waals surface area contributed by atoms with Crippen LogP contribution in [0.25, 0.3) is 0 Å². The topological polar surface area (TPSA) is 91.9 Å². The maximum atomic E-state index is 14.5. The van der Waals surface area contributed by atoms with E-state index in [-0.39, 0.29) is 17.9 Å². The average Bonchev–Trinajstić information content (AvgIpc) is 3.45. The summed E-state index contributed by atoms with van der Waals surface area (Å²) in [6.07, 6.45) is -0.972. The molecule has 2 aromatic rings. The van der Waals surface area contributed by atoms with Crippen LogP contribution in [0, 0.1) is 23.6 Å². The van der Waals surface area contributed by atoms with Gasteiger partial charge in [0, 0.05) is 25.1 Å². The first-order chi connectivity index (χ1) is 18.4. The molecule has 0 spiro atoms. The molecule has 1 aromatic heterocycles. The number of anilines is 1. The minimum atomic E-state index is -4.81. The van der Waals surface area contributed by atoms with Crippen molar-refractivity contribution in [3.8, 4) is 5.75 Å². The Morgan fingerprint density at radius 1 is 1.26 bits per heavy atom. The molecule has 214 valence electrons. The van der Waals surface area contributed by atoms with Gasteiger partial charge >= 0.3 is 12.2 Å². The molecule has 8 nitrogen and oxygen atoms in total. The lowest BCUT2D eigenvalue weighted by Crippen LogP contribution is -2.70. The minimum absolute atomic E-state index is 0.0735. The van der Waals surface area contributed by atoms with Crippen LogP contribution < -0.4 is 9.64 Å². The van der Waals surface area contributed by atoms with Gasteiger partial charge in [0.2, 0.25) is 5.91 Å². The minimum Gasteiger partial charge on any atom is -0.493 e. The molecule has 3 heterocycles. The van der Waals surface area contributed by atoms with Crippen molar-refractivity contribution in [1.29, 1.82) is 0 Å². The van der Waals surface area contributed by atoms with Gasteiger partial charge in [-0.25, -0.2) is 4.39 Å². The van der Waals surface area contributed by atoms with Crippen LogP contribution in [0.5, 0.6) is 5.75 Å². The van der Waals surface area contributed by atoms with Crippen LogP contribution in [0.4, 0.5) is 23.6 Å². The smallest absolute Gasteiger partial charge is 0.420 e. The molecule has 5 rings (SSSR count). The van der Waals surface area contributed by atoms with E-state index in [0.29, 0.717) is 36.1 Å². The molecule has 3 aliphatic rings. The SMILES string of the molecule is CC(C)c1noc(N2CCC(C3CC3CCOc3ccc(CC(=O)N4CC(O)(C(F)(F)F)C4)c(F)c3)CC2)n1. The van der Waals surface area contributed by atoms with E-state index in [1.54, 1.807) is 6.07 Å². The third-order valence-electron chi connectivity index (χ3n) is 8.25. The number of amides is 1. The number of rotatable bonds is 9. The van der Waals surface area contributed by atoms with Crippen molar-refractivity contribution in [2.45, 2.75) is 63.6 Å². The molecular weight excluding hydrogens is 520 g/mol. The van der Waals surface area contributed by atoms with Crippen LogP contribution in [-0.2, 0) is 11.2 Å². The van der Waals surface area contributed by atoms with Gasteiger partial charge < -0.3 is 24.2 Å². The Balaban J connectivity index is 1.01. The first kappa shape index (κ1) is 27.7. The number of hydrogen-bond donors (Lipinski definition) is 1. The number of piperidine rings is 1.